The number of hydrogen-bond acceptors (Lipinski definition) is 3. The van der Waals surface area contributed by atoms with Gasteiger partial charge in [0.1, 0.15) is 0 Å². The van der Waals surface area contributed by atoms with E-state index in [1.165, 1.54) is 0 Å². The third-order valence-corrected chi connectivity index (χ3v) is 2.54. The van der Waals surface area contributed by atoms with Crippen molar-refractivity contribution in [1.82, 2.24) is 4.98 Å². The normalized spacial score (nSPS) is 19.5. The number of nitrogens with zero attached hydrogens (tertiary/aromatic N) is 1. The minimum absolute atomic E-state index is 0.180. The molecule has 0 bridgehead atoms. The molecular weight excluding hydrogens is 166 g/mol. The number of ether oxygens (including phenoxy) is 1. The van der Waals surface area contributed by atoms with Crippen molar-refractivity contribution in [1.29, 1.82) is 0 Å². The van der Waals surface area contributed by atoms with E-state index in [0.29, 0.717) is 5.92 Å². The predicted octanol–water partition coefficient (Wildman–Crippen LogP) is 0.804. The van der Waals surface area contributed by atoms with Gasteiger partial charge in [-0.1, -0.05) is 6.07 Å². The van der Waals surface area contributed by atoms with Crippen LogP contribution >= 0.6 is 0 Å². The van der Waals surface area contributed by atoms with E-state index in [1.54, 1.807) is 6.20 Å². The summed E-state index contributed by atoms with van der Waals surface area (Å²) in [5.74, 6) is 0.664. The van der Waals surface area contributed by atoms with Gasteiger partial charge >= 0.3 is 0 Å². The number of aromatic nitrogens is 1. The van der Waals surface area contributed by atoms with Crippen molar-refractivity contribution in [2.45, 2.75) is 5.92 Å². The topological polar surface area (TPSA) is 42.4 Å². The summed E-state index contributed by atoms with van der Waals surface area (Å²) in [5.41, 5.74) is 1.11. The van der Waals surface area contributed by atoms with Crippen LogP contribution in [0.25, 0.3) is 0 Å². The van der Waals surface area contributed by atoms with Crippen LogP contribution in [0.15, 0.2) is 24.5 Å². The maximum atomic E-state index is 9.23. The van der Waals surface area contributed by atoms with Crippen molar-refractivity contribution in [3.05, 3.63) is 30.1 Å². The molecule has 13 heavy (non-hydrogen) atoms. The van der Waals surface area contributed by atoms with Crippen molar-refractivity contribution in [3.8, 4) is 0 Å². The molecule has 0 aromatic carbocycles. The van der Waals surface area contributed by atoms with Crippen molar-refractivity contribution in [3.63, 3.8) is 0 Å². The SMILES string of the molecule is OCC(c1cccnc1)C1COC1. The van der Waals surface area contributed by atoms with Crippen LogP contribution in [0.5, 0.6) is 0 Å². The molecule has 1 aliphatic rings. The van der Waals surface area contributed by atoms with Gasteiger partial charge in [-0.3, -0.25) is 4.98 Å². The highest BCUT2D eigenvalue weighted by Gasteiger charge is 2.28. The first kappa shape index (κ1) is 8.66. The average Bonchev–Trinajstić information content (AvgIpc) is 2.12. The predicted molar refractivity (Wildman–Crippen MR) is 48.4 cm³/mol. The molecule has 1 aliphatic heterocycles. The summed E-state index contributed by atoms with van der Waals surface area (Å²) in [6.45, 7) is 1.71. The van der Waals surface area contributed by atoms with E-state index >= 15 is 0 Å². The maximum absolute atomic E-state index is 9.23. The van der Waals surface area contributed by atoms with Crippen LogP contribution in [0.2, 0.25) is 0 Å². The molecule has 3 heteroatoms. The standard InChI is InChI=1S/C10H13NO2/c12-5-10(9-6-13-7-9)8-2-1-3-11-4-8/h1-4,9-10,12H,5-7H2. The van der Waals surface area contributed by atoms with Crippen molar-refractivity contribution >= 4 is 0 Å². The van der Waals surface area contributed by atoms with Crippen molar-refractivity contribution in [2.75, 3.05) is 19.8 Å². The highest BCUT2D eigenvalue weighted by molar-refractivity contribution is 5.16. The van der Waals surface area contributed by atoms with Gasteiger partial charge < -0.3 is 9.84 Å². The van der Waals surface area contributed by atoms with Gasteiger partial charge in [-0.15, -0.1) is 0 Å². The first-order valence-electron chi connectivity index (χ1n) is 4.50. The quantitative estimate of drug-likeness (QED) is 0.746. The van der Waals surface area contributed by atoms with Crippen LogP contribution in [-0.4, -0.2) is 29.9 Å². The molecular formula is C10H13NO2. The number of rotatable bonds is 3. The molecule has 1 aromatic heterocycles. The molecule has 1 unspecified atom stereocenters. The smallest absolute Gasteiger partial charge is 0.0523 e. The maximum Gasteiger partial charge on any atom is 0.0523 e. The van der Waals surface area contributed by atoms with Gasteiger partial charge in [0.2, 0.25) is 0 Å². The second-order valence-corrected chi connectivity index (χ2v) is 3.37. The molecule has 0 spiro atoms. The van der Waals surface area contributed by atoms with Crippen LogP contribution < -0.4 is 0 Å². The Morgan fingerprint density at radius 2 is 2.46 bits per heavy atom. The monoisotopic (exact) mass is 179 g/mol. The fourth-order valence-electron chi connectivity index (χ4n) is 1.61. The lowest BCUT2D eigenvalue weighted by atomic mass is 9.86. The summed E-state index contributed by atoms with van der Waals surface area (Å²) < 4.78 is 5.11. The molecule has 0 aliphatic carbocycles. The largest absolute Gasteiger partial charge is 0.396 e. The third-order valence-electron chi connectivity index (χ3n) is 2.54. The number of aliphatic hydroxyl groups is 1. The summed E-state index contributed by atoms with van der Waals surface area (Å²) in [7, 11) is 0. The average molecular weight is 179 g/mol. The minimum Gasteiger partial charge on any atom is -0.396 e. The molecule has 1 N–H and O–H groups in total. The van der Waals surface area contributed by atoms with Crippen molar-refractivity contribution < 1.29 is 9.84 Å². The van der Waals surface area contributed by atoms with Gasteiger partial charge in [-0.25, -0.2) is 0 Å². The lowest BCUT2D eigenvalue weighted by Crippen LogP contribution is -2.34. The Bertz CT molecular complexity index is 259. The summed E-state index contributed by atoms with van der Waals surface area (Å²) in [5, 5.41) is 9.23. The number of pyridine rings is 1. The Balaban J connectivity index is 2.12. The molecule has 1 atom stereocenters. The van der Waals surface area contributed by atoms with Crippen molar-refractivity contribution in [2.24, 2.45) is 5.92 Å². The van der Waals surface area contributed by atoms with Crippen LogP contribution in [0.3, 0.4) is 0 Å². The van der Waals surface area contributed by atoms with E-state index in [4.69, 9.17) is 4.74 Å². The van der Waals surface area contributed by atoms with Gasteiger partial charge in [0.05, 0.1) is 19.8 Å². The van der Waals surface area contributed by atoms with Crippen LogP contribution in [0, 0.1) is 5.92 Å². The van der Waals surface area contributed by atoms with Crippen LogP contribution in [0.1, 0.15) is 11.5 Å². The van der Waals surface area contributed by atoms with Crippen LogP contribution in [-0.2, 0) is 4.74 Å². The molecule has 0 radical (unpaired) electrons. The molecule has 1 aromatic rings. The van der Waals surface area contributed by atoms with E-state index in [0.717, 1.165) is 18.8 Å². The van der Waals surface area contributed by atoms with E-state index in [-0.39, 0.29) is 12.5 Å². The first-order valence-corrected chi connectivity index (χ1v) is 4.50. The molecule has 70 valence electrons. The zero-order chi connectivity index (χ0) is 9.10. The highest BCUT2D eigenvalue weighted by atomic mass is 16.5. The second kappa shape index (κ2) is 3.85. The Labute approximate surface area is 77.4 Å². The Morgan fingerprint density at radius 1 is 1.62 bits per heavy atom. The number of hydrogen-bond donors (Lipinski definition) is 1. The molecule has 0 amide bonds. The van der Waals surface area contributed by atoms with Gasteiger partial charge in [0.15, 0.2) is 0 Å². The van der Waals surface area contributed by atoms with E-state index in [9.17, 15) is 5.11 Å². The number of aliphatic hydroxyl groups excluding tert-OH is 1. The minimum atomic E-state index is 0.180. The fraction of sp³-hybridized carbons (Fsp3) is 0.500. The van der Waals surface area contributed by atoms with Gasteiger partial charge in [0, 0.05) is 24.2 Å². The Hall–Kier alpha value is -0.930. The first-order chi connectivity index (χ1) is 6.42. The van der Waals surface area contributed by atoms with E-state index in [2.05, 4.69) is 4.98 Å². The molecule has 0 saturated carbocycles. The molecule has 1 fully saturated rings. The lowest BCUT2D eigenvalue weighted by Gasteiger charge is -2.32. The molecule has 1 saturated heterocycles. The second-order valence-electron chi connectivity index (χ2n) is 3.37. The van der Waals surface area contributed by atoms with Gasteiger partial charge in [-0.05, 0) is 11.6 Å². The van der Waals surface area contributed by atoms with Crippen LogP contribution in [0.4, 0.5) is 0 Å². The third kappa shape index (κ3) is 1.71. The fourth-order valence-corrected chi connectivity index (χ4v) is 1.61. The van der Waals surface area contributed by atoms with Gasteiger partial charge in [0.25, 0.3) is 0 Å². The highest BCUT2D eigenvalue weighted by Crippen LogP contribution is 2.28. The summed E-state index contributed by atoms with van der Waals surface area (Å²) in [4.78, 5) is 4.04. The molecule has 2 rings (SSSR count). The molecule has 3 nitrogen and oxygen atoms in total. The summed E-state index contributed by atoms with van der Waals surface area (Å²) >= 11 is 0. The van der Waals surface area contributed by atoms with E-state index in [1.807, 2.05) is 18.3 Å². The van der Waals surface area contributed by atoms with E-state index < -0.39 is 0 Å². The zero-order valence-electron chi connectivity index (χ0n) is 7.39. The Morgan fingerprint density at radius 3 is 2.92 bits per heavy atom. The van der Waals surface area contributed by atoms with Gasteiger partial charge in [-0.2, -0.15) is 0 Å². The Kier molecular flexibility index (Phi) is 2.57. The molecule has 2 heterocycles. The summed E-state index contributed by atoms with van der Waals surface area (Å²) in [6.07, 6.45) is 3.56. The zero-order valence-corrected chi connectivity index (χ0v) is 7.39. The summed E-state index contributed by atoms with van der Waals surface area (Å²) in [6, 6.07) is 3.91. The lowest BCUT2D eigenvalue weighted by molar-refractivity contribution is -0.0527.